The van der Waals surface area contributed by atoms with Crippen molar-refractivity contribution < 1.29 is 4.79 Å². The van der Waals surface area contributed by atoms with Crippen molar-refractivity contribution in [1.82, 2.24) is 14.8 Å². The van der Waals surface area contributed by atoms with Gasteiger partial charge in [0.05, 0.1) is 0 Å². The standard InChI is InChI=1S/C25H33N3O/c1-19-6-3-7-21(16-19)17-23-9-4-10-25(26-23)22-8-5-13-28(18-22)24-11-14-27(15-12-24)20(2)29/h3-4,6-7,9-10,16,22,24H,5,8,11-15,17-18H2,1-2H3. The van der Waals surface area contributed by atoms with Crippen LogP contribution in [0.15, 0.2) is 42.5 Å². The molecule has 2 aromatic rings. The van der Waals surface area contributed by atoms with E-state index in [0.717, 1.165) is 38.9 Å². The van der Waals surface area contributed by atoms with E-state index in [2.05, 4.69) is 54.3 Å². The fraction of sp³-hybridized carbons (Fsp3) is 0.520. The summed E-state index contributed by atoms with van der Waals surface area (Å²) in [5, 5.41) is 0. The summed E-state index contributed by atoms with van der Waals surface area (Å²) in [5.41, 5.74) is 5.05. The maximum absolute atomic E-state index is 11.6. The number of hydrogen-bond acceptors (Lipinski definition) is 3. The Kier molecular flexibility index (Phi) is 6.29. The molecule has 1 aromatic heterocycles. The first-order valence-electron chi connectivity index (χ1n) is 11.1. The van der Waals surface area contributed by atoms with Gasteiger partial charge in [0.1, 0.15) is 0 Å². The van der Waals surface area contributed by atoms with Crippen LogP contribution in [0.25, 0.3) is 0 Å². The van der Waals surface area contributed by atoms with Crippen LogP contribution in [0.1, 0.15) is 61.0 Å². The Labute approximate surface area is 174 Å². The average Bonchev–Trinajstić information content (AvgIpc) is 2.74. The number of piperidine rings is 2. The van der Waals surface area contributed by atoms with Gasteiger partial charge in [-0.25, -0.2) is 0 Å². The molecule has 0 radical (unpaired) electrons. The highest BCUT2D eigenvalue weighted by molar-refractivity contribution is 5.73. The van der Waals surface area contributed by atoms with E-state index in [1.165, 1.54) is 41.9 Å². The monoisotopic (exact) mass is 391 g/mol. The molecule has 0 aliphatic carbocycles. The molecule has 1 atom stereocenters. The van der Waals surface area contributed by atoms with E-state index >= 15 is 0 Å². The molecule has 1 amide bonds. The third-order valence-corrected chi connectivity index (χ3v) is 6.59. The Morgan fingerprint density at radius 1 is 1.07 bits per heavy atom. The van der Waals surface area contributed by atoms with E-state index in [1.807, 2.05) is 4.90 Å². The minimum absolute atomic E-state index is 0.217. The molecule has 4 rings (SSSR count). The van der Waals surface area contributed by atoms with Crippen molar-refractivity contribution in [2.75, 3.05) is 26.2 Å². The van der Waals surface area contributed by atoms with E-state index in [4.69, 9.17) is 4.98 Å². The first kappa shape index (κ1) is 20.1. The predicted octanol–water partition coefficient (Wildman–Crippen LogP) is 4.17. The average molecular weight is 392 g/mol. The van der Waals surface area contributed by atoms with Gasteiger partial charge < -0.3 is 4.90 Å². The van der Waals surface area contributed by atoms with Crippen molar-refractivity contribution >= 4 is 5.91 Å². The molecule has 29 heavy (non-hydrogen) atoms. The van der Waals surface area contributed by atoms with Crippen molar-refractivity contribution in [3.8, 4) is 0 Å². The SMILES string of the molecule is CC(=O)N1CCC(N2CCCC(c3cccc(Cc4cccc(C)c4)n3)C2)CC1. The van der Waals surface area contributed by atoms with Crippen LogP contribution in [-0.4, -0.2) is 52.9 Å². The summed E-state index contributed by atoms with van der Waals surface area (Å²) in [5.74, 6) is 0.738. The number of nitrogens with zero attached hydrogens (tertiary/aromatic N) is 3. The van der Waals surface area contributed by atoms with Crippen LogP contribution in [0.5, 0.6) is 0 Å². The summed E-state index contributed by atoms with van der Waals surface area (Å²) < 4.78 is 0. The molecule has 1 aromatic carbocycles. The zero-order chi connectivity index (χ0) is 20.2. The largest absolute Gasteiger partial charge is 0.343 e. The lowest BCUT2D eigenvalue weighted by molar-refractivity contribution is -0.130. The summed E-state index contributed by atoms with van der Waals surface area (Å²) in [7, 11) is 0. The van der Waals surface area contributed by atoms with Gasteiger partial charge >= 0.3 is 0 Å². The number of amides is 1. The topological polar surface area (TPSA) is 36.4 Å². The highest BCUT2D eigenvalue weighted by atomic mass is 16.2. The fourth-order valence-electron chi connectivity index (χ4n) is 4.98. The van der Waals surface area contributed by atoms with Gasteiger partial charge in [-0.15, -0.1) is 0 Å². The third-order valence-electron chi connectivity index (χ3n) is 6.59. The van der Waals surface area contributed by atoms with Gasteiger partial charge in [0.15, 0.2) is 0 Å². The molecule has 3 heterocycles. The number of carbonyl (C=O) groups excluding carboxylic acids is 1. The maximum atomic E-state index is 11.6. The van der Waals surface area contributed by atoms with Crippen LogP contribution in [0.4, 0.5) is 0 Å². The molecule has 2 aliphatic rings. The van der Waals surface area contributed by atoms with Gasteiger partial charge in [0, 0.05) is 56.3 Å². The third kappa shape index (κ3) is 5.05. The molecular formula is C25H33N3O. The summed E-state index contributed by atoms with van der Waals surface area (Å²) in [6.07, 6.45) is 5.57. The lowest BCUT2D eigenvalue weighted by atomic mass is 9.91. The minimum atomic E-state index is 0.217. The highest BCUT2D eigenvalue weighted by Gasteiger charge is 2.30. The predicted molar refractivity (Wildman–Crippen MR) is 117 cm³/mol. The zero-order valence-corrected chi connectivity index (χ0v) is 17.8. The molecule has 0 N–H and O–H groups in total. The second-order valence-electron chi connectivity index (χ2n) is 8.79. The van der Waals surface area contributed by atoms with Crippen molar-refractivity contribution in [2.24, 2.45) is 0 Å². The number of carbonyl (C=O) groups is 1. The van der Waals surface area contributed by atoms with Crippen molar-refractivity contribution in [3.05, 3.63) is 65.0 Å². The number of aromatic nitrogens is 1. The molecular weight excluding hydrogens is 358 g/mol. The van der Waals surface area contributed by atoms with Gasteiger partial charge in [0.2, 0.25) is 5.91 Å². The van der Waals surface area contributed by atoms with Crippen LogP contribution < -0.4 is 0 Å². The molecule has 2 aliphatic heterocycles. The van der Waals surface area contributed by atoms with Crippen LogP contribution in [0.3, 0.4) is 0 Å². The highest BCUT2D eigenvalue weighted by Crippen LogP contribution is 2.29. The lowest BCUT2D eigenvalue weighted by Crippen LogP contribution is -2.49. The van der Waals surface area contributed by atoms with Gasteiger partial charge in [-0.2, -0.15) is 0 Å². The minimum Gasteiger partial charge on any atom is -0.343 e. The Balaban J connectivity index is 1.40. The number of pyridine rings is 1. The number of likely N-dealkylation sites (tertiary alicyclic amines) is 2. The second-order valence-corrected chi connectivity index (χ2v) is 8.79. The number of benzene rings is 1. The van der Waals surface area contributed by atoms with E-state index in [-0.39, 0.29) is 5.91 Å². The molecule has 1 unspecified atom stereocenters. The molecule has 4 nitrogen and oxygen atoms in total. The Morgan fingerprint density at radius 3 is 2.62 bits per heavy atom. The zero-order valence-electron chi connectivity index (χ0n) is 17.8. The van der Waals surface area contributed by atoms with Gasteiger partial charge in [-0.1, -0.05) is 35.9 Å². The maximum Gasteiger partial charge on any atom is 0.219 e. The molecule has 0 spiro atoms. The van der Waals surface area contributed by atoms with Crippen LogP contribution in [-0.2, 0) is 11.2 Å². The van der Waals surface area contributed by atoms with Crippen LogP contribution in [0.2, 0.25) is 0 Å². The second kappa shape index (κ2) is 9.08. The molecule has 2 fully saturated rings. The van der Waals surface area contributed by atoms with E-state index in [9.17, 15) is 4.79 Å². The van der Waals surface area contributed by atoms with Crippen LogP contribution >= 0.6 is 0 Å². The summed E-state index contributed by atoms with van der Waals surface area (Å²) in [6.45, 7) is 7.93. The number of aryl methyl sites for hydroxylation is 1. The molecule has 0 saturated carbocycles. The van der Waals surface area contributed by atoms with Gasteiger partial charge in [-0.05, 0) is 56.8 Å². The molecule has 154 valence electrons. The Morgan fingerprint density at radius 2 is 1.86 bits per heavy atom. The molecule has 4 heteroatoms. The lowest BCUT2D eigenvalue weighted by Gasteiger charge is -2.42. The summed E-state index contributed by atoms with van der Waals surface area (Å²) >= 11 is 0. The van der Waals surface area contributed by atoms with Crippen molar-refractivity contribution in [3.63, 3.8) is 0 Å². The van der Waals surface area contributed by atoms with E-state index in [0.29, 0.717) is 12.0 Å². The van der Waals surface area contributed by atoms with Crippen LogP contribution in [0, 0.1) is 6.92 Å². The number of rotatable bonds is 4. The summed E-state index contributed by atoms with van der Waals surface area (Å²) in [4.78, 5) is 21.3. The van der Waals surface area contributed by atoms with E-state index in [1.54, 1.807) is 6.92 Å². The Hall–Kier alpha value is -2.20. The smallest absolute Gasteiger partial charge is 0.219 e. The quantitative estimate of drug-likeness (QED) is 0.785. The fourth-order valence-corrected chi connectivity index (χ4v) is 4.98. The van der Waals surface area contributed by atoms with Crippen molar-refractivity contribution in [1.29, 1.82) is 0 Å². The van der Waals surface area contributed by atoms with Gasteiger partial charge in [-0.3, -0.25) is 14.7 Å². The van der Waals surface area contributed by atoms with Gasteiger partial charge in [0.25, 0.3) is 0 Å². The van der Waals surface area contributed by atoms with Crippen molar-refractivity contribution in [2.45, 2.75) is 57.9 Å². The van der Waals surface area contributed by atoms with E-state index < -0.39 is 0 Å². The summed E-state index contributed by atoms with van der Waals surface area (Å²) in [6, 6.07) is 15.9. The first-order valence-corrected chi connectivity index (χ1v) is 11.1. The Bertz CT molecular complexity index is 841. The number of hydrogen-bond donors (Lipinski definition) is 0. The first-order chi connectivity index (χ1) is 14.1. The molecule has 2 saturated heterocycles. The normalized spacial score (nSPS) is 21.3. The molecule has 0 bridgehead atoms.